The van der Waals surface area contributed by atoms with Gasteiger partial charge in [0.15, 0.2) is 5.78 Å². The van der Waals surface area contributed by atoms with Gasteiger partial charge in [-0.2, -0.15) is 0 Å². The third-order valence-corrected chi connectivity index (χ3v) is 3.87. The SMILES string of the molecule is O=C(c1ccccc1)c1ccccc1Nc1ccc([N+](=O)[O-])cc1[N+](=O)[O-]. The van der Waals surface area contributed by atoms with Crippen LogP contribution in [0.1, 0.15) is 15.9 Å². The number of ketones is 1. The molecule has 1 N–H and O–H groups in total. The summed E-state index contributed by atoms with van der Waals surface area (Å²) in [5, 5.41) is 25.0. The summed E-state index contributed by atoms with van der Waals surface area (Å²) in [6.07, 6.45) is 0. The van der Waals surface area contributed by atoms with Crippen LogP contribution in [0.3, 0.4) is 0 Å². The molecule has 3 aromatic carbocycles. The van der Waals surface area contributed by atoms with E-state index in [2.05, 4.69) is 5.32 Å². The second kappa shape index (κ2) is 7.44. The minimum absolute atomic E-state index is 0.0545. The van der Waals surface area contributed by atoms with Crippen molar-refractivity contribution in [3.05, 3.63) is 104 Å². The molecule has 0 heterocycles. The predicted octanol–water partition coefficient (Wildman–Crippen LogP) is 4.48. The molecule has 0 fully saturated rings. The van der Waals surface area contributed by atoms with E-state index in [1.165, 1.54) is 6.07 Å². The van der Waals surface area contributed by atoms with Gasteiger partial charge in [-0.3, -0.25) is 25.0 Å². The van der Waals surface area contributed by atoms with Crippen LogP contribution in [0.25, 0.3) is 0 Å². The first-order valence-electron chi connectivity index (χ1n) is 7.86. The molecule has 0 saturated carbocycles. The number of carbonyl (C=O) groups is 1. The molecule has 0 aliphatic carbocycles. The van der Waals surface area contributed by atoms with Crippen LogP contribution in [-0.4, -0.2) is 15.6 Å². The number of non-ortho nitro benzene ring substituents is 1. The van der Waals surface area contributed by atoms with Crippen molar-refractivity contribution >= 4 is 28.5 Å². The molecule has 3 rings (SSSR count). The first-order chi connectivity index (χ1) is 13.0. The van der Waals surface area contributed by atoms with E-state index in [1.54, 1.807) is 54.6 Å². The minimum Gasteiger partial charge on any atom is -0.349 e. The lowest BCUT2D eigenvalue weighted by Gasteiger charge is -2.11. The first kappa shape index (κ1) is 17.7. The van der Waals surface area contributed by atoms with Crippen molar-refractivity contribution in [2.45, 2.75) is 0 Å². The number of benzene rings is 3. The molecule has 27 heavy (non-hydrogen) atoms. The summed E-state index contributed by atoms with van der Waals surface area (Å²) in [5.74, 6) is -0.247. The van der Waals surface area contributed by atoms with Gasteiger partial charge in [0.2, 0.25) is 0 Å². The molecule has 0 atom stereocenters. The van der Waals surface area contributed by atoms with Gasteiger partial charge < -0.3 is 5.32 Å². The molecule has 0 aliphatic heterocycles. The number of nitrogens with one attached hydrogen (secondary N) is 1. The van der Waals surface area contributed by atoms with Crippen molar-refractivity contribution in [2.75, 3.05) is 5.32 Å². The van der Waals surface area contributed by atoms with Crippen LogP contribution < -0.4 is 5.32 Å². The highest BCUT2D eigenvalue weighted by molar-refractivity contribution is 6.12. The zero-order valence-electron chi connectivity index (χ0n) is 13.9. The van der Waals surface area contributed by atoms with Crippen molar-refractivity contribution in [2.24, 2.45) is 0 Å². The van der Waals surface area contributed by atoms with E-state index in [1.807, 2.05) is 0 Å². The topological polar surface area (TPSA) is 115 Å². The highest BCUT2D eigenvalue weighted by atomic mass is 16.6. The molecule has 0 amide bonds. The van der Waals surface area contributed by atoms with Crippen LogP contribution >= 0.6 is 0 Å². The Morgan fingerprint density at radius 1 is 0.778 bits per heavy atom. The minimum atomic E-state index is -0.711. The molecule has 0 unspecified atom stereocenters. The van der Waals surface area contributed by atoms with Crippen molar-refractivity contribution in [1.82, 2.24) is 0 Å². The number of para-hydroxylation sites is 1. The van der Waals surface area contributed by atoms with Gasteiger partial charge in [0.25, 0.3) is 11.4 Å². The number of rotatable bonds is 6. The molecule has 0 aliphatic rings. The Kier molecular flexibility index (Phi) is 4.89. The fraction of sp³-hybridized carbons (Fsp3) is 0. The summed E-state index contributed by atoms with van der Waals surface area (Å²) in [6.45, 7) is 0. The molecular formula is C19H13N3O5. The standard InChI is InChI=1S/C19H13N3O5/c23-19(13-6-2-1-3-7-13)15-8-4-5-9-16(15)20-17-11-10-14(21(24)25)12-18(17)22(26)27/h1-12,20H. The van der Waals surface area contributed by atoms with Gasteiger partial charge in [0.05, 0.1) is 15.9 Å². The van der Waals surface area contributed by atoms with Gasteiger partial charge in [-0.15, -0.1) is 0 Å². The van der Waals surface area contributed by atoms with Crippen LogP contribution in [0.4, 0.5) is 22.7 Å². The molecule has 134 valence electrons. The Balaban J connectivity index is 2.01. The molecule has 3 aromatic rings. The molecule has 8 heteroatoms. The monoisotopic (exact) mass is 363 g/mol. The van der Waals surface area contributed by atoms with Crippen molar-refractivity contribution < 1.29 is 14.6 Å². The zero-order valence-corrected chi connectivity index (χ0v) is 13.9. The second-order valence-electron chi connectivity index (χ2n) is 5.58. The Labute approximate surface area is 153 Å². The number of nitro groups is 2. The van der Waals surface area contributed by atoms with E-state index < -0.39 is 15.5 Å². The van der Waals surface area contributed by atoms with Crippen LogP contribution in [0.15, 0.2) is 72.8 Å². The van der Waals surface area contributed by atoms with Crippen molar-refractivity contribution in [3.63, 3.8) is 0 Å². The van der Waals surface area contributed by atoms with Crippen LogP contribution in [0.5, 0.6) is 0 Å². The maximum absolute atomic E-state index is 12.8. The fourth-order valence-corrected chi connectivity index (χ4v) is 2.57. The van der Waals surface area contributed by atoms with Gasteiger partial charge in [-0.25, -0.2) is 0 Å². The highest BCUT2D eigenvalue weighted by Crippen LogP contribution is 2.32. The number of anilines is 2. The van der Waals surface area contributed by atoms with E-state index in [0.29, 0.717) is 16.8 Å². The lowest BCUT2D eigenvalue weighted by molar-refractivity contribution is -0.393. The largest absolute Gasteiger partial charge is 0.349 e. The van der Waals surface area contributed by atoms with Gasteiger partial charge in [-0.1, -0.05) is 42.5 Å². The average Bonchev–Trinajstić information content (AvgIpc) is 2.68. The average molecular weight is 363 g/mol. The third-order valence-electron chi connectivity index (χ3n) is 3.87. The zero-order chi connectivity index (χ0) is 19.4. The van der Waals surface area contributed by atoms with Gasteiger partial charge >= 0.3 is 0 Å². The third kappa shape index (κ3) is 3.79. The van der Waals surface area contributed by atoms with Crippen molar-refractivity contribution in [1.29, 1.82) is 0 Å². The second-order valence-corrected chi connectivity index (χ2v) is 5.58. The molecule has 0 spiro atoms. The summed E-state index contributed by atoms with van der Waals surface area (Å²) < 4.78 is 0. The Morgan fingerprint density at radius 3 is 2.11 bits per heavy atom. The molecule has 8 nitrogen and oxygen atoms in total. The van der Waals surface area contributed by atoms with Crippen LogP contribution in [0, 0.1) is 20.2 Å². The molecule has 0 bridgehead atoms. The number of carbonyl (C=O) groups excluding carboxylic acids is 1. The summed E-state index contributed by atoms with van der Waals surface area (Å²) in [5.41, 5.74) is 0.385. The summed E-state index contributed by atoms with van der Waals surface area (Å²) in [7, 11) is 0. The Hall–Kier alpha value is -4.07. The lowest BCUT2D eigenvalue weighted by atomic mass is 10.0. The number of nitro benzene ring substituents is 2. The fourth-order valence-electron chi connectivity index (χ4n) is 2.57. The molecular weight excluding hydrogens is 350 g/mol. The highest BCUT2D eigenvalue weighted by Gasteiger charge is 2.21. The summed E-state index contributed by atoms with van der Waals surface area (Å²) in [6, 6.07) is 18.5. The maximum Gasteiger partial charge on any atom is 0.299 e. The van der Waals surface area contributed by atoms with E-state index >= 15 is 0 Å². The van der Waals surface area contributed by atoms with E-state index in [4.69, 9.17) is 0 Å². The quantitative estimate of drug-likeness (QED) is 0.392. The Bertz CT molecular complexity index is 1030. The predicted molar refractivity (Wildman–Crippen MR) is 99.4 cm³/mol. The van der Waals surface area contributed by atoms with Gasteiger partial charge in [0, 0.05) is 22.9 Å². The van der Waals surface area contributed by atoms with Crippen LogP contribution in [0.2, 0.25) is 0 Å². The number of hydrogen-bond donors (Lipinski definition) is 1. The first-order valence-corrected chi connectivity index (χ1v) is 7.86. The smallest absolute Gasteiger partial charge is 0.299 e. The normalized spacial score (nSPS) is 10.2. The van der Waals surface area contributed by atoms with E-state index in [9.17, 15) is 25.0 Å². The van der Waals surface area contributed by atoms with E-state index in [0.717, 1.165) is 12.1 Å². The number of hydrogen-bond acceptors (Lipinski definition) is 6. The van der Waals surface area contributed by atoms with E-state index in [-0.39, 0.29) is 17.2 Å². The molecule has 0 saturated heterocycles. The summed E-state index contributed by atoms with van der Waals surface area (Å²) >= 11 is 0. The molecule has 0 aromatic heterocycles. The van der Waals surface area contributed by atoms with Crippen molar-refractivity contribution in [3.8, 4) is 0 Å². The Morgan fingerprint density at radius 2 is 1.44 bits per heavy atom. The van der Waals surface area contributed by atoms with Gasteiger partial charge in [0.1, 0.15) is 5.69 Å². The number of nitrogens with zero attached hydrogens (tertiary/aromatic N) is 2. The molecule has 0 radical (unpaired) electrons. The maximum atomic E-state index is 12.8. The van der Waals surface area contributed by atoms with Gasteiger partial charge in [-0.05, 0) is 18.2 Å². The van der Waals surface area contributed by atoms with Crippen LogP contribution in [-0.2, 0) is 0 Å². The summed E-state index contributed by atoms with van der Waals surface area (Å²) in [4.78, 5) is 33.5. The lowest BCUT2D eigenvalue weighted by Crippen LogP contribution is -2.06.